The molecule has 1 aliphatic heterocycles. The molecule has 1 fully saturated rings. The number of piperidine rings is 1. The summed E-state index contributed by atoms with van der Waals surface area (Å²) in [4.78, 5) is 38.6. The lowest BCUT2D eigenvalue weighted by molar-refractivity contribution is -0.147. The molecule has 0 radical (unpaired) electrons. The second kappa shape index (κ2) is 10.6. The van der Waals surface area contributed by atoms with Crippen LogP contribution < -0.4 is 15.5 Å². The number of rotatable bonds is 8. The van der Waals surface area contributed by atoms with Crippen LogP contribution in [-0.2, 0) is 14.3 Å². The van der Waals surface area contributed by atoms with E-state index in [9.17, 15) is 14.4 Å². The quantitative estimate of drug-likeness (QED) is 0.456. The highest BCUT2D eigenvalue weighted by Crippen LogP contribution is 2.21. The molecule has 0 unspecified atom stereocenters. The third kappa shape index (κ3) is 5.88. The highest BCUT2D eigenvalue weighted by molar-refractivity contribution is 6.04. The molecule has 3 N–H and O–H groups in total. The maximum atomic E-state index is 12.3. The Kier molecular flexibility index (Phi) is 7.19. The van der Waals surface area contributed by atoms with Crippen molar-refractivity contribution < 1.29 is 19.1 Å². The highest BCUT2D eigenvalue weighted by atomic mass is 16.5. The van der Waals surface area contributed by atoms with Gasteiger partial charge in [0.2, 0.25) is 0 Å². The molecule has 0 bridgehead atoms. The minimum absolute atomic E-state index is 0.0497. The number of nitrogens with one attached hydrogen (secondary N) is 3. The number of carbonyl (C=O) groups is 3. The Morgan fingerprint density at radius 3 is 2.55 bits per heavy atom. The number of para-hydroxylation sites is 1. The van der Waals surface area contributed by atoms with E-state index in [1.807, 2.05) is 42.5 Å². The Bertz CT molecular complexity index is 1120. The van der Waals surface area contributed by atoms with Crippen LogP contribution in [0.4, 0.5) is 11.4 Å². The summed E-state index contributed by atoms with van der Waals surface area (Å²) in [6.07, 6.45) is 3.63. The van der Waals surface area contributed by atoms with Crippen molar-refractivity contribution >= 4 is 40.1 Å². The summed E-state index contributed by atoms with van der Waals surface area (Å²) < 4.78 is 5.01. The van der Waals surface area contributed by atoms with E-state index in [-0.39, 0.29) is 31.2 Å². The molecule has 4 rings (SSSR count). The number of aromatic nitrogens is 2. The lowest BCUT2D eigenvalue weighted by atomic mass is 10.1. The molecule has 33 heavy (non-hydrogen) atoms. The van der Waals surface area contributed by atoms with Crippen molar-refractivity contribution in [2.45, 2.75) is 25.7 Å². The summed E-state index contributed by atoms with van der Waals surface area (Å²) in [6, 6.07) is 14.9. The molecule has 2 amide bonds. The van der Waals surface area contributed by atoms with Gasteiger partial charge in [0, 0.05) is 36.4 Å². The van der Waals surface area contributed by atoms with Gasteiger partial charge in [0.1, 0.15) is 0 Å². The van der Waals surface area contributed by atoms with Gasteiger partial charge in [-0.25, -0.2) is 0 Å². The molecule has 0 saturated carbocycles. The number of H-pyrrole nitrogens is 1. The van der Waals surface area contributed by atoms with Crippen LogP contribution in [0, 0.1) is 0 Å². The molecule has 0 aliphatic carbocycles. The van der Waals surface area contributed by atoms with E-state index in [2.05, 4.69) is 25.7 Å². The standard InChI is InChI=1S/C24H27N5O4/c30-21(26-17-8-10-18(11-9-17)29-14-4-1-5-15-29)16-33-22(31)12-13-25-24(32)23-19-6-2-3-7-20(19)27-28-23/h2-3,6-11H,1,4-5,12-16H2,(H,25,32)(H,26,30)(H,27,28). The van der Waals surface area contributed by atoms with E-state index < -0.39 is 11.9 Å². The zero-order chi connectivity index (χ0) is 23.0. The molecule has 0 spiro atoms. The lowest BCUT2D eigenvalue weighted by Gasteiger charge is -2.28. The molecule has 172 valence electrons. The topological polar surface area (TPSA) is 116 Å². The van der Waals surface area contributed by atoms with Gasteiger partial charge in [-0.2, -0.15) is 5.10 Å². The number of aromatic amines is 1. The van der Waals surface area contributed by atoms with Crippen molar-refractivity contribution in [1.82, 2.24) is 15.5 Å². The summed E-state index contributed by atoms with van der Waals surface area (Å²) in [7, 11) is 0. The Balaban J connectivity index is 1.16. The first-order chi connectivity index (χ1) is 16.1. The van der Waals surface area contributed by atoms with E-state index in [4.69, 9.17) is 4.74 Å². The van der Waals surface area contributed by atoms with Crippen LogP contribution in [0.2, 0.25) is 0 Å². The molecule has 2 aromatic carbocycles. The summed E-state index contributed by atoms with van der Waals surface area (Å²) in [5, 5.41) is 12.9. The normalized spacial score (nSPS) is 13.5. The van der Waals surface area contributed by atoms with E-state index in [1.165, 1.54) is 19.3 Å². The maximum absolute atomic E-state index is 12.3. The van der Waals surface area contributed by atoms with Crippen LogP contribution in [0.25, 0.3) is 10.9 Å². The van der Waals surface area contributed by atoms with Crippen LogP contribution in [0.15, 0.2) is 48.5 Å². The number of anilines is 2. The van der Waals surface area contributed by atoms with Gasteiger partial charge >= 0.3 is 5.97 Å². The van der Waals surface area contributed by atoms with E-state index in [0.717, 1.165) is 24.3 Å². The molecular weight excluding hydrogens is 422 g/mol. The van der Waals surface area contributed by atoms with Gasteiger partial charge in [-0.15, -0.1) is 0 Å². The SMILES string of the molecule is O=C(COC(=O)CCNC(=O)c1n[nH]c2ccccc12)Nc1ccc(N2CCCCC2)cc1. The molecule has 1 aliphatic rings. The first-order valence-electron chi connectivity index (χ1n) is 11.1. The van der Waals surface area contributed by atoms with Gasteiger partial charge in [0.25, 0.3) is 11.8 Å². The van der Waals surface area contributed by atoms with Crippen molar-refractivity contribution in [3.05, 3.63) is 54.2 Å². The molecule has 1 saturated heterocycles. The smallest absolute Gasteiger partial charge is 0.308 e. The fourth-order valence-corrected chi connectivity index (χ4v) is 3.82. The third-order valence-electron chi connectivity index (χ3n) is 5.54. The number of fused-ring (bicyclic) bond motifs is 1. The van der Waals surface area contributed by atoms with Crippen molar-refractivity contribution in [2.24, 2.45) is 0 Å². The Hall–Kier alpha value is -3.88. The fourth-order valence-electron chi connectivity index (χ4n) is 3.82. The Morgan fingerprint density at radius 2 is 1.76 bits per heavy atom. The van der Waals surface area contributed by atoms with E-state index in [1.54, 1.807) is 6.07 Å². The largest absolute Gasteiger partial charge is 0.456 e. The molecular formula is C24H27N5O4. The van der Waals surface area contributed by atoms with Crippen LogP contribution in [0.5, 0.6) is 0 Å². The molecule has 1 aromatic heterocycles. The monoisotopic (exact) mass is 449 g/mol. The van der Waals surface area contributed by atoms with Gasteiger partial charge in [-0.05, 0) is 49.6 Å². The molecule has 9 nitrogen and oxygen atoms in total. The molecule has 9 heteroatoms. The number of amides is 2. The van der Waals surface area contributed by atoms with Crippen LogP contribution >= 0.6 is 0 Å². The number of carbonyl (C=O) groups excluding carboxylic acids is 3. The molecule has 0 atom stereocenters. The van der Waals surface area contributed by atoms with Crippen LogP contribution in [0.1, 0.15) is 36.2 Å². The van der Waals surface area contributed by atoms with Crippen molar-refractivity contribution in [1.29, 1.82) is 0 Å². The van der Waals surface area contributed by atoms with Crippen molar-refractivity contribution in [3.8, 4) is 0 Å². The fraction of sp³-hybridized carbons (Fsp3) is 0.333. The second-order valence-corrected chi connectivity index (χ2v) is 7.93. The summed E-state index contributed by atoms with van der Waals surface area (Å²) in [6.45, 7) is 1.81. The molecule has 3 aromatic rings. The minimum Gasteiger partial charge on any atom is -0.456 e. The van der Waals surface area contributed by atoms with Gasteiger partial charge in [0.05, 0.1) is 11.9 Å². The number of ether oxygens (including phenoxy) is 1. The average molecular weight is 450 g/mol. The Labute approximate surface area is 191 Å². The predicted octanol–water partition coefficient (Wildman–Crippen LogP) is 2.86. The van der Waals surface area contributed by atoms with E-state index >= 15 is 0 Å². The average Bonchev–Trinajstić information content (AvgIpc) is 3.28. The highest BCUT2D eigenvalue weighted by Gasteiger charge is 2.15. The Morgan fingerprint density at radius 1 is 1.00 bits per heavy atom. The first-order valence-corrected chi connectivity index (χ1v) is 11.1. The molecule has 2 heterocycles. The number of hydrogen-bond acceptors (Lipinski definition) is 6. The van der Waals surface area contributed by atoms with Crippen LogP contribution in [-0.4, -0.2) is 54.2 Å². The summed E-state index contributed by atoms with van der Waals surface area (Å²) >= 11 is 0. The van der Waals surface area contributed by atoms with Crippen LogP contribution in [0.3, 0.4) is 0 Å². The van der Waals surface area contributed by atoms with Gasteiger partial charge < -0.3 is 20.3 Å². The van der Waals surface area contributed by atoms with Gasteiger partial charge in [0.15, 0.2) is 12.3 Å². The summed E-state index contributed by atoms with van der Waals surface area (Å²) in [5.41, 5.74) is 2.82. The maximum Gasteiger partial charge on any atom is 0.308 e. The number of esters is 1. The first kappa shape index (κ1) is 22.3. The number of benzene rings is 2. The minimum atomic E-state index is -0.571. The second-order valence-electron chi connectivity index (χ2n) is 7.93. The zero-order valence-electron chi connectivity index (χ0n) is 18.3. The van der Waals surface area contributed by atoms with Gasteiger partial charge in [-0.3, -0.25) is 19.5 Å². The lowest BCUT2D eigenvalue weighted by Crippen LogP contribution is -2.29. The summed E-state index contributed by atoms with van der Waals surface area (Å²) in [5.74, 6) is -1.37. The van der Waals surface area contributed by atoms with Crippen molar-refractivity contribution in [2.75, 3.05) is 36.5 Å². The number of hydrogen-bond donors (Lipinski definition) is 3. The zero-order valence-corrected chi connectivity index (χ0v) is 18.3. The third-order valence-corrected chi connectivity index (χ3v) is 5.54. The number of nitrogens with zero attached hydrogens (tertiary/aromatic N) is 2. The predicted molar refractivity (Wildman–Crippen MR) is 125 cm³/mol. The van der Waals surface area contributed by atoms with Crippen molar-refractivity contribution in [3.63, 3.8) is 0 Å². The van der Waals surface area contributed by atoms with Gasteiger partial charge in [-0.1, -0.05) is 18.2 Å². The van der Waals surface area contributed by atoms with E-state index in [0.29, 0.717) is 11.1 Å².